The molecule has 0 aliphatic rings. The monoisotopic (exact) mass is 327 g/mol. The highest BCUT2D eigenvalue weighted by atomic mass is 35.5. The Kier molecular flexibility index (Phi) is 5.03. The van der Waals surface area contributed by atoms with Gasteiger partial charge in [0.05, 0.1) is 18.0 Å². The molecule has 114 valence electrons. The van der Waals surface area contributed by atoms with Crippen molar-refractivity contribution in [2.24, 2.45) is 0 Å². The number of halogens is 1. The first kappa shape index (κ1) is 16.0. The average Bonchev–Trinajstić information content (AvgIpc) is 2.70. The Balaban J connectivity index is 1.93. The van der Waals surface area contributed by atoms with E-state index in [-0.39, 0.29) is 5.75 Å². The molecular formula is C14H18ClN3O2S. The van der Waals surface area contributed by atoms with E-state index < -0.39 is 10.0 Å². The Bertz CT molecular complexity index is 726. The third-order valence-electron chi connectivity index (χ3n) is 3.05. The van der Waals surface area contributed by atoms with Crippen LogP contribution in [0.15, 0.2) is 30.3 Å². The quantitative estimate of drug-likeness (QED) is 0.885. The van der Waals surface area contributed by atoms with Crippen LogP contribution in [0.5, 0.6) is 0 Å². The lowest BCUT2D eigenvalue weighted by atomic mass is 10.2. The van der Waals surface area contributed by atoms with Crippen LogP contribution in [-0.2, 0) is 22.3 Å². The minimum atomic E-state index is -3.41. The van der Waals surface area contributed by atoms with E-state index in [0.29, 0.717) is 23.7 Å². The smallest absolute Gasteiger partial charge is 0.215 e. The number of hydrogen-bond donors (Lipinski definition) is 1. The lowest BCUT2D eigenvalue weighted by molar-refractivity contribution is 0.554. The Morgan fingerprint density at radius 1 is 1.29 bits per heavy atom. The van der Waals surface area contributed by atoms with E-state index in [4.69, 9.17) is 11.6 Å². The second-order valence-corrected chi connectivity index (χ2v) is 7.11. The van der Waals surface area contributed by atoms with Crippen molar-refractivity contribution in [2.75, 3.05) is 6.54 Å². The predicted molar refractivity (Wildman–Crippen MR) is 83.8 cm³/mol. The Morgan fingerprint density at radius 3 is 2.62 bits per heavy atom. The van der Waals surface area contributed by atoms with E-state index in [1.807, 2.05) is 19.9 Å². The van der Waals surface area contributed by atoms with Gasteiger partial charge in [-0.15, -0.1) is 0 Å². The van der Waals surface area contributed by atoms with Crippen molar-refractivity contribution in [1.82, 2.24) is 14.5 Å². The normalized spacial score (nSPS) is 11.8. The zero-order chi connectivity index (χ0) is 15.5. The molecule has 0 fully saturated rings. The molecule has 1 N–H and O–H groups in total. The lowest BCUT2D eigenvalue weighted by Gasteiger charge is -2.09. The molecule has 0 bridgehead atoms. The maximum atomic E-state index is 12.0. The van der Waals surface area contributed by atoms with Crippen molar-refractivity contribution in [1.29, 1.82) is 0 Å². The summed E-state index contributed by atoms with van der Waals surface area (Å²) in [7, 11) is -3.41. The summed E-state index contributed by atoms with van der Waals surface area (Å²) < 4.78 is 28.4. The van der Waals surface area contributed by atoms with Gasteiger partial charge in [-0.25, -0.2) is 13.1 Å². The highest BCUT2D eigenvalue weighted by molar-refractivity contribution is 7.88. The SMILES string of the molecule is Cc1cc(C)n(CCNS(=O)(=O)Cc2ccccc2Cl)n1. The van der Waals surface area contributed by atoms with Crippen LogP contribution < -0.4 is 4.72 Å². The third-order valence-corrected chi connectivity index (χ3v) is 4.76. The largest absolute Gasteiger partial charge is 0.268 e. The Morgan fingerprint density at radius 2 is 2.00 bits per heavy atom. The molecule has 0 spiro atoms. The van der Waals surface area contributed by atoms with Crippen LogP contribution in [0.1, 0.15) is 17.0 Å². The summed E-state index contributed by atoms with van der Waals surface area (Å²) in [5.74, 6) is -0.121. The zero-order valence-electron chi connectivity index (χ0n) is 12.0. The lowest BCUT2D eigenvalue weighted by Crippen LogP contribution is -2.29. The molecule has 21 heavy (non-hydrogen) atoms. The van der Waals surface area contributed by atoms with Crippen LogP contribution in [0, 0.1) is 13.8 Å². The number of benzene rings is 1. The van der Waals surface area contributed by atoms with Gasteiger partial charge in [0, 0.05) is 17.3 Å². The molecule has 1 heterocycles. The molecule has 0 radical (unpaired) electrons. The minimum Gasteiger partial charge on any atom is -0.268 e. The Labute approximate surface area is 130 Å². The standard InChI is InChI=1S/C14H18ClN3O2S/c1-11-9-12(2)18(17-11)8-7-16-21(19,20)10-13-5-3-4-6-14(13)15/h3-6,9,16H,7-8,10H2,1-2H3. The predicted octanol–water partition coefficient (Wildman–Crippen LogP) is 2.27. The molecule has 0 aliphatic heterocycles. The molecule has 0 atom stereocenters. The summed E-state index contributed by atoms with van der Waals surface area (Å²) in [6.45, 7) is 4.65. The summed E-state index contributed by atoms with van der Waals surface area (Å²) >= 11 is 5.98. The second kappa shape index (κ2) is 6.60. The van der Waals surface area contributed by atoms with Gasteiger partial charge in [-0.1, -0.05) is 29.8 Å². The maximum Gasteiger partial charge on any atom is 0.215 e. The van der Waals surface area contributed by atoms with Gasteiger partial charge in [0.2, 0.25) is 10.0 Å². The van der Waals surface area contributed by atoms with Crippen LogP contribution in [0.4, 0.5) is 0 Å². The molecule has 2 aromatic rings. The number of sulfonamides is 1. The molecule has 0 unspecified atom stereocenters. The van der Waals surface area contributed by atoms with E-state index in [1.54, 1.807) is 28.9 Å². The fourth-order valence-corrected chi connectivity index (χ4v) is 3.53. The number of nitrogens with one attached hydrogen (secondary N) is 1. The van der Waals surface area contributed by atoms with Crippen molar-refractivity contribution in [3.05, 3.63) is 52.3 Å². The highest BCUT2D eigenvalue weighted by Gasteiger charge is 2.13. The molecule has 0 saturated heterocycles. The first-order chi connectivity index (χ1) is 9.87. The number of nitrogens with zero attached hydrogens (tertiary/aromatic N) is 2. The molecule has 0 aliphatic carbocycles. The number of aromatic nitrogens is 2. The number of hydrogen-bond acceptors (Lipinski definition) is 3. The van der Waals surface area contributed by atoms with Crippen molar-refractivity contribution < 1.29 is 8.42 Å². The van der Waals surface area contributed by atoms with Crippen molar-refractivity contribution in [2.45, 2.75) is 26.1 Å². The topological polar surface area (TPSA) is 64.0 Å². The van der Waals surface area contributed by atoms with Crippen LogP contribution >= 0.6 is 11.6 Å². The van der Waals surface area contributed by atoms with Crippen LogP contribution in [-0.4, -0.2) is 24.7 Å². The van der Waals surface area contributed by atoms with Crippen LogP contribution in [0.2, 0.25) is 5.02 Å². The van der Waals surface area contributed by atoms with Gasteiger partial charge in [-0.05, 0) is 31.5 Å². The molecule has 7 heteroatoms. The van der Waals surface area contributed by atoms with Crippen LogP contribution in [0.25, 0.3) is 0 Å². The zero-order valence-corrected chi connectivity index (χ0v) is 13.6. The number of rotatable bonds is 6. The van der Waals surface area contributed by atoms with Gasteiger partial charge in [0.15, 0.2) is 0 Å². The van der Waals surface area contributed by atoms with Crippen LogP contribution in [0.3, 0.4) is 0 Å². The minimum absolute atomic E-state index is 0.121. The second-order valence-electron chi connectivity index (χ2n) is 4.90. The highest BCUT2D eigenvalue weighted by Crippen LogP contribution is 2.17. The van der Waals surface area contributed by atoms with E-state index in [0.717, 1.165) is 11.4 Å². The third kappa shape index (κ3) is 4.56. The van der Waals surface area contributed by atoms with E-state index in [1.165, 1.54) is 0 Å². The summed E-state index contributed by atoms with van der Waals surface area (Å²) in [4.78, 5) is 0. The van der Waals surface area contributed by atoms with E-state index >= 15 is 0 Å². The van der Waals surface area contributed by atoms with E-state index in [9.17, 15) is 8.42 Å². The molecule has 0 saturated carbocycles. The first-order valence-electron chi connectivity index (χ1n) is 6.59. The van der Waals surface area contributed by atoms with Crippen molar-refractivity contribution in [3.8, 4) is 0 Å². The maximum absolute atomic E-state index is 12.0. The van der Waals surface area contributed by atoms with Crippen molar-refractivity contribution >= 4 is 21.6 Å². The molecule has 1 aromatic carbocycles. The summed E-state index contributed by atoms with van der Waals surface area (Å²) in [5.41, 5.74) is 2.53. The van der Waals surface area contributed by atoms with Gasteiger partial charge in [0.1, 0.15) is 0 Å². The van der Waals surface area contributed by atoms with Gasteiger partial charge >= 0.3 is 0 Å². The summed E-state index contributed by atoms with van der Waals surface area (Å²) in [6.07, 6.45) is 0. The summed E-state index contributed by atoms with van der Waals surface area (Å²) in [6, 6.07) is 8.89. The van der Waals surface area contributed by atoms with E-state index in [2.05, 4.69) is 9.82 Å². The first-order valence-corrected chi connectivity index (χ1v) is 8.62. The fourth-order valence-electron chi connectivity index (χ4n) is 2.08. The summed E-state index contributed by atoms with van der Waals surface area (Å²) in [5, 5.41) is 4.75. The number of aryl methyl sites for hydroxylation is 2. The van der Waals surface area contributed by atoms with Gasteiger partial charge in [0.25, 0.3) is 0 Å². The average molecular weight is 328 g/mol. The molecule has 5 nitrogen and oxygen atoms in total. The van der Waals surface area contributed by atoms with Gasteiger partial charge in [-0.3, -0.25) is 4.68 Å². The molecule has 1 aromatic heterocycles. The van der Waals surface area contributed by atoms with Crippen molar-refractivity contribution in [3.63, 3.8) is 0 Å². The molecule has 2 rings (SSSR count). The van der Waals surface area contributed by atoms with Gasteiger partial charge < -0.3 is 0 Å². The molecular weight excluding hydrogens is 310 g/mol. The van der Waals surface area contributed by atoms with Gasteiger partial charge in [-0.2, -0.15) is 5.10 Å². The Hall–Kier alpha value is -1.37. The molecule has 0 amide bonds. The fraction of sp³-hybridized carbons (Fsp3) is 0.357.